The summed E-state index contributed by atoms with van der Waals surface area (Å²) >= 11 is 1.60. The van der Waals surface area contributed by atoms with Gasteiger partial charge in [-0.15, -0.1) is 11.3 Å². The van der Waals surface area contributed by atoms with Crippen molar-refractivity contribution in [1.82, 2.24) is 19.7 Å². The van der Waals surface area contributed by atoms with E-state index in [2.05, 4.69) is 15.4 Å². The number of para-hydroxylation sites is 1. The van der Waals surface area contributed by atoms with Crippen LogP contribution in [-0.4, -0.2) is 31.3 Å². The molecule has 5 rings (SSSR count). The second kappa shape index (κ2) is 5.72. The zero-order valence-corrected chi connectivity index (χ0v) is 14.2. The SMILES string of the molecule is Oc1cnn2c1CN(Cc1csc(-c3cc4ccccc4o3)n1)CC2. The highest BCUT2D eigenvalue weighted by Crippen LogP contribution is 2.30. The third-order valence-corrected chi connectivity index (χ3v) is 5.41. The van der Waals surface area contributed by atoms with Crippen molar-refractivity contribution in [2.24, 2.45) is 0 Å². The zero-order chi connectivity index (χ0) is 16.8. The number of hydrogen-bond donors (Lipinski definition) is 1. The molecule has 25 heavy (non-hydrogen) atoms. The molecule has 7 heteroatoms. The second-order valence-corrected chi connectivity index (χ2v) is 7.06. The van der Waals surface area contributed by atoms with E-state index in [-0.39, 0.29) is 5.75 Å². The maximum atomic E-state index is 9.87. The van der Waals surface area contributed by atoms with Gasteiger partial charge in [0.15, 0.2) is 16.5 Å². The van der Waals surface area contributed by atoms with E-state index in [0.29, 0.717) is 6.54 Å². The topological polar surface area (TPSA) is 67.3 Å². The Kier molecular flexibility index (Phi) is 3.36. The lowest BCUT2D eigenvalue weighted by Gasteiger charge is -2.26. The number of rotatable bonds is 3. The Labute approximate surface area is 147 Å². The third-order valence-electron chi connectivity index (χ3n) is 4.50. The predicted molar refractivity (Wildman–Crippen MR) is 95.3 cm³/mol. The van der Waals surface area contributed by atoms with Crippen molar-refractivity contribution < 1.29 is 9.52 Å². The molecular formula is C18H16N4O2S. The first kappa shape index (κ1) is 14.7. The van der Waals surface area contributed by atoms with Crippen molar-refractivity contribution in [2.45, 2.75) is 19.6 Å². The smallest absolute Gasteiger partial charge is 0.164 e. The molecule has 126 valence electrons. The molecule has 3 aromatic heterocycles. The summed E-state index contributed by atoms with van der Waals surface area (Å²) < 4.78 is 7.77. The van der Waals surface area contributed by atoms with E-state index in [0.717, 1.165) is 52.8 Å². The monoisotopic (exact) mass is 352 g/mol. The first-order valence-corrected chi connectivity index (χ1v) is 9.03. The van der Waals surface area contributed by atoms with Crippen LogP contribution < -0.4 is 0 Å². The Bertz CT molecular complexity index is 1020. The number of thiazole rings is 1. The Balaban J connectivity index is 1.35. The molecule has 0 unspecified atom stereocenters. The molecule has 0 amide bonds. The van der Waals surface area contributed by atoms with Crippen LogP contribution in [0.2, 0.25) is 0 Å². The van der Waals surface area contributed by atoms with Gasteiger partial charge < -0.3 is 9.52 Å². The highest BCUT2D eigenvalue weighted by Gasteiger charge is 2.21. The van der Waals surface area contributed by atoms with E-state index in [9.17, 15) is 5.11 Å². The van der Waals surface area contributed by atoms with Gasteiger partial charge in [0.1, 0.15) is 5.58 Å². The Morgan fingerprint density at radius 2 is 2.16 bits per heavy atom. The molecule has 0 saturated carbocycles. The van der Waals surface area contributed by atoms with Crippen molar-refractivity contribution >= 4 is 22.3 Å². The lowest BCUT2D eigenvalue weighted by atomic mass is 10.2. The zero-order valence-electron chi connectivity index (χ0n) is 13.4. The third kappa shape index (κ3) is 2.61. The molecule has 6 nitrogen and oxygen atoms in total. The molecule has 1 aliphatic rings. The average Bonchev–Trinajstić information content (AvgIpc) is 3.33. The van der Waals surface area contributed by atoms with Crippen molar-refractivity contribution in [3.05, 3.63) is 53.3 Å². The van der Waals surface area contributed by atoms with Crippen molar-refractivity contribution in [3.63, 3.8) is 0 Å². The van der Waals surface area contributed by atoms with Gasteiger partial charge in [-0.1, -0.05) is 18.2 Å². The molecule has 4 aromatic rings. The number of aromatic nitrogens is 3. The quantitative estimate of drug-likeness (QED) is 0.611. The summed E-state index contributed by atoms with van der Waals surface area (Å²) in [5.41, 5.74) is 2.78. The number of aromatic hydroxyl groups is 1. The molecule has 0 bridgehead atoms. The molecule has 4 heterocycles. The summed E-state index contributed by atoms with van der Waals surface area (Å²) in [4.78, 5) is 7.01. The first-order valence-electron chi connectivity index (χ1n) is 8.15. The number of benzene rings is 1. The van der Waals surface area contributed by atoms with Crippen LogP contribution in [0, 0.1) is 0 Å². The average molecular weight is 352 g/mol. The Hall–Kier alpha value is -2.64. The van der Waals surface area contributed by atoms with Gasteiger partial charge in [0.25, 0.3) is 0 Å². The van der Waals surface area contributed by atoms with Gasteiger partial charge >= 0.3 is 0 Å². The van der Waals surface area contributed by atoms with Crippen molar-refractivity contribution in [2.75, 3.05) is 6.54 Å². The van der Waals surface area contributed by atoms with E-state index >= 15 is 0 Å². The van der Waals surface area contributed by atoms with Gasteiger partial charge in [-0.2, -0.15) is 5.10 Å². The fraction of sp³-hybridized carbons (Fsp3) is 0.222. The molecule has 1 aliphatic heterocycles. The minimum atomic E-state index is 0.269. The second-order valence-electron chi connectivity index (χ2n) is 6.20. The molecular weight excluding hydrogens is 336 g/mol. The number of nitrogens with zero attached hydrogens (tertiary/aromatic N) is 4. The lowest BCUT2D eigenvalue weighted by Crippen LogP contribution is -2.33. The summed E-state index contributed by atoms with van der Waals surface area (Å²) in [6.45, 7) is 3.12. The minimum Gasteiger partial charge on any atom is -0.504 e. The van der Waals surface area contributed by atoms with Crippen molar-refractivity contribution in [3.8, 4) is 16.5 Å². The minimum absolute atomic E-state index is 0.269. The molecule has 1 N–H and O–H groups in total. The van der Waals surface area contributed by atoms with Gasteiger partial charge in [0.2, 0.25) is 0 Å². The molecule has 0 spiro atoms. The van der Waals surface area contributed by atoms with Gasteiger partial charge in [-0.05, 0) is 12.1 Å². The van der Waals surface area contributed by atoms with E-state index in [1.165, 1.54) is 6.20 Å². The molecule has 0 fully saturated rings. The van der Waals surface area contributed by atoms with Gasteiger partial charge in [-0.3, -0.25) is 9.58 Å². The summed E-state index contributed by atoms with van der Waals surface area (Å²) in [5, 5.41) is 18.1. The maximum absolute atomic E-state index is 9.87. The van der Waals surface area contributed by atoms with Crippen LogP contribution in [0.4, 0.5) is 0 Å². The van der Waals surface area contributed by atoms with Crippen LogP contribution in [-0.2, 0) is 19.6 Å². The standard InChI is InChI=1S/C18H16N4O2S/c23-15-8-19-22-6-5-21(10-14(15)22)9-13-11-25-18(20-13)17-7-12-3-1-2-4-16(12)24-17/h1-4,7-8,11,23H,5-6,9-10H2. The molecule has 0 aliphatic carbocycles. The Morgan fingerprint density at radius 3 is 3.08 bits per heavy atom. The van der Waals surface area contributed by atoms with Crippen LogP contribution in [0.25, 0.3) is 21.7 Å². The Morgan fingerprint density at radius 1 is 1.24 bits per heavy atom. The fourth-order valence-electron chi connectivity index (χ4n) is 3.23. The highest BCUT2D eigenvalue weighted by molar-refractivity contribution is 7.13. The summed E-state index contributed by atoms with van der Waals surface area (Å²) in [6.07, 6.45) is 1.52. The molecule has 1 aromatic carbocycles. The molecule has 0 atom stereocenters. The number of hydrogen-bond acceptors (Lipinski definition) is 6. The number of fused-ring (bicyclic) bond motifs is 2. The largest absolute Gasteiger partial charge is 0.504 e. The van der Waals surface area contributed by atoms with Crippen LogP contribution in [0.5, 0.6) is 5.75 Å². The van der Waals surface area contributed by atoms with Gasteiger partial charge in [0, 0.05) is 30.4 Å². The lowest BCUT2D eigenvalue weighted by molar-refractivity contribution is 0.200. The van der Waals surface area contributed by atoms with Crippen molar-refractivity contribution in [1.29, 1.82) is 0 Å². The van der Waals surface area contributed by atoms with Crippen LogP contribution in [0.1, 0.15) is 11.4 Å². The molecule has 0 saturated heterocycles. The summed E-state index contributed by atoms with van der Waals surface area (Å²) in [7, 11) is 0. The first-order chi connectivity index (χ1) is 12.3. The van der Waals surface area contributed by atoms with E-state index in [1.54, 1.807) is 11.3 Å². The van der Waals surface area contributed by atoms with Crippen LogP contribution in [0.15, 0.2) is 46.3 Å². The van der Waals surface area contributed by atoms with E-state index in [1.807, 2.05) is 35.0 Å². The fourth-order valence-corrected chi connectivity index (χ4v) is 3.99. The molecule has 0 radical (unpaired) electrons. The summed E-state index contributed by atoms with van der Waals surface area (Å²) in [6, 6.07) is 10.0. The predicted octanol–water partition coefficient (Wildman–Crippen LogP) is 3.47. The van der Waals surface area contributed by atoms with Gasteiger partial charge in [0.05, 0.1) is 24.1 Å². The number of furan rings is 1. The van der Waals surface area contributed by atoms with Crippen LogP contribution >= 0.6 is 11.3 Å². The highest BCUT2D eigenvalue weighted by atomic mass is 32.1. The van der Waals surface area contributed by atoms with Gasteiger partial charge in [-0.25, -0.2) is 4.98 Å². The summed E-state index contributed by atoms with van der Waals surface area (Å²) in [5.74, 6) is 1.08. The van der Waals surface area contributed by atoms with E-state index in [4.69, 9.17) is 9.40 Å². The normalized spacial score (nSPS) is 14.9. The van der Waals surface area contributed by atoms with E-state index < -0.39 is 0 Å². The van der Waals surface area contributed by atoms with Crippen LogP contribution in [0.3, 0.4) is 0 Å². The maximum Gasteiger partial charge on any atom is 0.164 e.